The summed E-state index contributed by atoms with van der Waals surface area (Å²) in [7, 11) is -3.48. The molecule has 30 heavy (non-hydrogen) atoms. The summed E-state index contributed by atoms with van der Waals surface area (Å²) in [6, 6.07) is -2.04. The number of phenols is 1. The number of aromatic hydroxyl groups is 1. The van der Waals surface area contributed by atoms with Gasteiger partial charge in [-0.25, -0.2) is 13.1 Å². The molecule has 8 nitrogen and oxygen atoms in total. The number of hydrogen-bond donors (Lipinski definition) is 2. The first kappa shape index (κ1) is 17.8. The highest BCUT2D eigenvalue weighted by molar-refractivity contribution is 7.88. The highest BCUT2D eigenvalue weighted by Gasteiger charge is 2.37. The fourth-order valence-corrected chi connectivity index (χ4v) is 5.58. The van der Waals surface area contributed by atoms with Crippen molar-refractivity contribution in [2.75, 3.05) is 26.0 Å². The third kappa shape index (κ3) is 4.90. The maximum atomic E-state index is 13.2. The molecule has 4 aliphatic rings. The van der Waals surface area contributed by atoms with Gasteiger partial charge in [0.05, 0.1) is 29.1 Å². The predicted molar refractivity (Wildman–Crippen MR) is 111 cm³/mol. The van der Waals surface area contributed by atoms with Crippen LogP contribution in [0.25, 0.3) is 0 Å². The van der Waals surface area contributed by atoms with Crippen LogP contribution in [0.2, 0.25) is 0 Å². The van der Waals surface area contributed by atoms with Gasteiger partial charge >= 0.3 is 0 Å². The van der Waals surface area contributed by atoms with Crippen LogP contribution in [-0.2, 0) is 19.6 Å². The number of phenolic OH excluding ortho intramolecular Hbond substituents is 1. The first-order valence-electron chi connectivity index (χ1n) is 11.9. The van der Waals surface area contributed by atoms with Crippen molar-refractivity contribution in [1.29, 1.82) is 0 Å². The van der Waals surface area contributed by atoms with Crippen LogP contribution < -0.4 is 9.46 Å². The molecule has 1 saturated heterocycles. The second-order valence-electron chi connectivity index (χ2n) is 8.36. The van der Waals surface area contributed by atoms with Crippen molar-refractivity contribution in [2.45, 2.75) is 62.6 Å². The van der Waals surface area contributed by atoms with Gasteiger partial charge in [-0.3, -0.25) is 4.79 Å². The largest absolute Gasteiger partial charge is 0.508 e. The minimum atomic E-state index is -3.48. The maximum Gasteiger partial charge on any atom is 0.260 e. The number of sulfonamides is 1. The fourth-order valence-electron chi connectivity index (χ4n) is 4.76. The van der Waals surface area contributed by atoms with Gasteiger partial charge < -0.3 is 19.5 Å². The number of rotatable bonds is 2. The summed E-state index contributed by atoms with van der Waals surface area (Å²) in [5, 5.41) is 10.2. The van der Waals surface area contributed by atoms with E-state index in [1.54, 1.807) is 4.90 Å². The molecule has 1 aliphatic carbocycles. The first-order valence-corrected chi connectivity index (χ1v) is 12.3. The molecule has 2 N–H and O–H groups in total. The minimum absolute atomic E-state index is 0.000800. The van der Waals surface area contributed by atoms with Gasteiger partial charge in [0.15, 0.2) is 6.61 Å². The zero-order valence-electron chi connectivity index (χ0n) is 20.0. The molecule has 166 valence electrons. The normalized spacial score (nSPS) is 31.7. The molecule has 2 atom stereocenters. The summed E-state index contributed by atoms with van der Waals surface area (Å²) in [6.07, 6.45) is 4.89. The zero-order chi connectivity index (χ0) is 23.9. The van der Waals surface area contributed by atoms with Gasteiger partial charge in [-0.2, -0.15) is 0 Å². The van der Waals surface area contributed by atoms with Gasteiger partial charge in [-0.05, 0) is 62.6 Å². The number of benzene rings is 1. The van der Waals surface area contributed by atoms with Crippen LogP contribution in [0.1, 0.15) is 54.1 Å². The van der Waals surface area contributed by atoms with E-state index < -0.39 is 40.5 Å². The fraction of sp³-hybridized carbons (Fsp3) is 0.667. The van der Waals surface area contributed by atoms with Gasteiger partial charge in [-0.1, -0.05) is 0 Å². The van der Waals surface area contributed by atoms with Crippen molar-refractivity contribution in [3.8, 4) is 11.5 Å². The van der Waals surface area contributed by atoms with Gasteiger partial charge in [0.2, 0.25) is 10.0 Å². The second kappa shape index (κ2) is 8.72. The molecule has 1 amide bonds. The lowest BCUT2D eigenvalue weighted by molar-refractivity contribution is -0.140. The molecule has 9 heteroatoms. The Kier molecular flexibility index (Phi) is 5.18. The molecular weight excluding hydrogens is 408 g/mol. The Labute approximate surface area is 181 Å². The molecule has 0 radical (unpaired) electrons. The number of nitrogens with zero attached hydrogens (tertiary/aromatic N) is 1. The van der Waals surface area contributed by atoms with Crippen LogP contribution >= 0.6 is 0 Å². The molecule has 0 aromatic heterocycles. The quantitative estimate of drug-likeness (QED) is 0.724. The molecule has 5 rings (SSSR count). The monoisotopic (exact) mass is 441 g/mol. The Morgan fingerprint density at radius 2 is 2.00 bits per heavy atom. The molecule has 1 aromatic rings. The van der Waals surface area contributed by atoms with E-state index in [2.05, 4.69) is 4.72 Å². The number of nitrogens with one attached hydrogen (secondary N) is 1. The molecule has 2 fully saturated rings. The maximum absolute atomic E-state index is 13.2. The summed E-state index contributed by atoms with van der Waals surface area (Å²) in [5.74, 6) is -1.09. The number of piperidine rings is 1. The average Bonchev–Trinajstić information content (AvgIpc) is 2.78. The summed E-state index contributed by atoms with van der Waals surface area (Å²) >= 11 is 0. The van der Waals surface area contributed by atoms with E-state index >= 15 is 0 Å². The lowest BCUT2D eigenvalue weighted by Gasteiger charge is -2.41. The molecule has 3 heterocycles. The van der Waals surface area contributed by atoms with Crippen LogP contribution in [-0.4, -0.2) is 68.5 Å². The topological polar surface area (TPSA) is 105 Å². The highest BCUT2D eigenvalue weighted by Crippen LogP contribution is 2.40. The molecule has 1 aromatic carbocycles. The Hall–Kier alpha value is -1.84. The first-order chi connectivity index (χ1) is 15.6. The second-order valence-corrected chi connectivity index (χ2v) is 10.1. The predicted octanol–water partition coefficient (Wildman–Crippen LogP) is 1.74. The summed E-state index contributed by atoms with van der Waals surface area (Å²) in [6.45, 7) is 0.210. The molecule has 1 unspecified atom stereocenters. The van der Waals surface area contributed by atoms with Crippen molar-refractivity contribution < 1.29 is 31.9 Å². The van der Waals surface area contributed by atoms with Crippen LogP contribution in [0, 0.1) is 0 Å². The van der Waals surface area contributed by atoms with Crippen molar-refractivity contribution in [3.05, 3.63) is 23.7 Å². The highest BCUT2D eigenvalue weighted by atomic mass is 32.2. The van der Waals surface area contributed by atoms with Crippen LogP contribution in [0.15, 0.2) is 18.1 Å². The number of fused-ring (bicyclic) bond motifs is 5. The third-order valence-electron chi connectivity index (χ3n) is 6.18. The summed E-state index contributed by atoms with van der Waals surface area (Å²) < 4.78 is 63.1. The average molecular weight is 442 g/mol. The van der Waals surface area contributed by atoms with Crippen molar-refractivity contribution in [1.82, 2.24) is 9.62 Å². The van der Waals surface area contributed by atoms with Crippen LogP contribution in [0.5, 0.6) is 11.5 Å². The van der Waals surface area contributed by atoms with E-state index in [0.29, 0.717) is 50.6 Å². The molecule has 1 saturated carbocycles. The van der Waals surface area contributed by atoms with Crippen LogP contribution in [0.3, 0.4) is 0 Å². The van der Waals surface area contributed by atoms with Gasteiger partial charge in [0, 0.05) is 18.2 Å². The zero-order valence-corrected chi connectivity index (χ0v) is 17.8. The van der Waals surface area contributed by atoms with E-state index in [0.717, 1.165) is 6.26 Å². The molecule has 2 bridgehead atoms. The third-order valence-corrected chi connectivity index (χ3v) is 6.91. The molecule has 0 spiro atoms. The summed E-state index contributed by atoms with van der Waals surface area (Å²) in [4.78, 5) is 14.7. The van der Waals surface area contributed by atoms with Crippen molar-refractivity contribution >= 4 is 15.9 Å². The Bertz CT molecular complexity index is 1030. The van der Waals surface area contributed by atoms with Crippen LogP contribution in [0.4, 0.5) is 0 Å². The molecular formula is C21H30N2O6S. The SMILES string of the molecule is [2H]c1c([2H])c2c(c([2H])c1O)C1CCC(CC1)OCC1[C@@H](NS(C)(=O)=O)CCCN1C(=O)CO2. The van der Waals surface area contributed by atoms with E-state index in [-0.39, 0.29) is 42.4 Å². The van der Waals surface area contributed by atoms with Gasteiger partial charge in [0.1, 0.15) is 11.5 Å². The minimum Gasteiger partial charge on any atom is -0.508 e. The Morgan fingerprint density at radius 1 is 1.23 bits per heavy atom. The number of hydrogen-bond acceptors (Lipinski definition) is 6. The van der Waals surface area contributed by atoms with Crippen molar-refractivity contribution in [2.24, 2.45) is 0 Å². The molecule has 3 aliphatic heterocycles. The van der Waals surface area contributed by atoms with E-state index in [1.165, 1.54) is 0 Å². The van der Waals surface area contributed by atoms with E-state index in [9.17, 15) is 18.3 Å². The lowest BCUT2D eigenvalue weighted by Crippen LogP contribution is -2.59. The van der Waals surface area contributed by atoms with Gasteiger partial charge in [-0.15, -0.1) is 0 Å². The van der Waals surface area contributed by atoms with Crippen molar-refractivity contribution in [3.63, 3.8) is 0 Å². The van der Waals surface area contributed by atoms with E-state index in [1.807, 2.05) is 0 Å². The number of carbonyl (C=O) groups is 1. The summed E-state index contributed by atoms with van der Waals surface area (Å²) in [5.41, 5.74) is 0.366. The Balaban J connectivity index is 1.71. The number of amides is 1. The number of ether oxygens (including phenoxy) is 2. The van der Waals surface area contributed by atoms with E-state index in [4.69, 9.17) is 13.6 Å². The lowest BCUT2D eigenvalue weighted by atomic mass is 9.82. The number of carbonyl (C=O) groups excluding carboxylic acids is 1. The van der Waals surface area contributed by atoms with Gasteiger partial charge in [0.25, 0.3) is 5.91 Å². The standard InChI is InChI=1S/C21H30N2O6S/c1-30(26,27)22-18-3-2-10-23-19(18)12-28-16-7-4-14(5-8-16)17-11-15(24)6-9-20(17)29-13-21(23)25/h6,9,11,14,16,18-19,22,24H,2-5,7-8,10,12-13H2,1H3/t14?,16?,18-,19?/m0/s1/i6D,9D,11D. The smallest absolute Gasteiger partial charge is 0.260 e. The Morgan fingerprint density at radius 3 is 2.73 bits per heavy atom.